The number of hydrogen-bond donors (Lipinski definition) is 0. The van der Waals surface area contributed by atoms with Crippen LogP contribution in [0.1, 0.15) is 11.1 Å². The van der Waals surface area contributed by atoms with Crippen LogP contribution in [-0.4, -0.2) is 8.42 Å². The molecule has 4 heteroatoms. The minimum atomic E-state index is -3.28. The largest absolute Gasteiger partial charge is 0.230 e. The fourth-order valence-electron chi connectivity index (χ4n) is 1.55. The molecule has 2 aromatic carbocycles. The second kappa shape index (κ2) is 6.08. The molecule has 0 atom stereocenters. The van der Waals surface area contributed by atoms with Crippen molar-refractivity contribution in [1.82, 2.24) is 0 Å². The Morgan fingerprint density at radius 1 is 1.00 bits per heavy atom. The third-order valence-electron chi connectivity index (χ3n) is 2.63. The molecule has 0 aliphatic rings. The average molecular weight is 290 g/mol. The molecule has 0 radical (unpaired) electrons. The van der Waals surface area contributed by atoms with Gasteiger partial charge in [-0.05, 0) is 34.1 Å². The van der Waals surface area contributed by atoms with Crippen molar-refractivity contribution >= 4 is 25.7 Å². The summed E-state index contributed by atoms with van der Waals surface area (Å²) in [4.78, 5) is 0.350. The molecule has 0 N–H and O–H groups in total. The van der Waals surface area contributed by atoms with Gasteiger partial charge in [-0.15, -0.1) is 0 Å². The van der Waals surface area contributed by atoms with Gasteiger partial charge < -0.3 is 0 Å². The minimum absolute atomic E-state index is 0.350. The molecule has 98 valence electrons. The molecule has 0 heterocycles. The molecule has 0 spiro atoms. The van der Waals surface area contributed by atoms with Gasteiger partial charge in [-0.1, -0.05) is 55.1 Å². The first-order valence-electron chi connectivity index (χ1n) is 5.78. The van der Waals surface area contributed by atoms with Crippen LogP contribution in [0.25, 0.3) is 6.08 Å². The van der Waals surface area contributed by atoms with Crippen molar-refractivity contribution < 1.29 is 8.42 Å². The highest BCUT2D eigenvalue weighted by atomic mass is 33.1. The highest BCUT2D eigenvalue weighted by Crippen LogP contribution is 2.26. The van der Waals surface area contributed by atoms with Crippen molar-refractivity contribution in [3.05, 3.63) is 72.3 Å². The molecule has 19 heavy (non-hydrogen) atoms. The summed E-state index contributed by atoms with van der Waals surface area (Å²) in [6, 6.07) is 16.2. The van der Waals surface area contributed by atoms with Crippen molar-refractivity contribution in [2.45, 2.75) is 10.6 Å². The predicted octanol–water partition coefficient (Wildman–Crippen LogP) is 3.95. The number of hydrogen-bond acceptors (Lipinski definition) is 3. The second-order valence-electron chi connectivity index (χ2n) is 3.98. The molecule has 2 aromatic rings. The first-order chi connectivity index (χ1) is 9.12. The van der Waals surface area contributed by atoms with E-state index in [-0.39, 0.29) is 0 Å². The van der Waals surface area contributed by atoms with Gasteiger partial charge in [0.25, 0.3) is 0 Å². The van der Waals surface area contributed by atoms with E-state index in [1.165, 1.54) is 0 Å². The van der Waals surface area contributed by atoms with Crippen LogP contribution in [0.3, 0.4) is 0 Å². The lowest BCUT2D eigenvalue weighted by molar-refractivity contribution is 0.610. The van der Waals surface area contributed by atoms with E-state index in [9.17, 15) is 8.42 Å². The maximum Gasteiger partial charge on any atom is 0.230 e. The highest BCUT2D eigenvalue weighted by molar-refractivity contribution is 8.71. The Bertz CT molecular complexity index is 644. The third kappa shape index (κ3) is 3.72. The Balaban J connectivity index is 2.07. The smallest absolute Gasteiger partial charge is 0.212 e. The zero-order chi connectivity index (χ0) is 13.7. The molecule has 0 bridgehead atoms. The fraction of sp³-hybridized carbons (Fsp3) is 0.0667. The van der Waals surface area contributed by atoms with E-state index in [2.05, 4.69) is 6.58 Å². The molecular weight excluding hydrogens is 276 g/mol. The van der Waals surface area contributed by atoms with E-state index >= 15 is 0 Å². The molecule has 0 aromatic heterocycles. The van der Waals surface area contributed by atoms with Crippen LogP contribution in [0.5, 0.6) is 0 Å². The van der Waals surface area contributed by atoms with Gasteiger partial charge in [-0.3, -0.25) is 0 Å². The zero-order valence-electron chi connectivity index (χ0n) is 10.3. The molecule has 0 aliphatic heterocycles. The Labute approximate surface area is 117 Å². The van der Waals surface area contributed by atoms with Gasteiger partial charge in [0.15, 0.2) is 0 Å². The Morgan fingerprint density at radius 3 is 2.21 bits per heavy atom. The standard InChI is InChI=1S/C15H14O2S2/c1-2-13-8-10-14(11-9-13)12-18-19(16,17)15-6-4-3-5-7-15/h2-11H,1,12H2. The summed E-state index contributed by atoms with van der Waals surface area (Å²) in [7, 11) is -2.33. The van der Waals surface area contributed by atoms with Crippen molar-refractivity contribution in [2.75, 3.05) is 0 Å². The molecule has 0 unspecified atom stereocenters. The molecule has 2 rings (SSSR count). The Kier molecular flexibility index (Phi) is 4.45. The number of rotatable bonds is 5. The topological polar surface area (TPSA) is 34.1 Å². The Hall–Kier alpha value is -1.52. The van der Waals surface area contributed by atoms with Crippen LogP contribution < -0.4 is 0 Å². The summed E-state index contributed by atoms with van der Waals surface area (Å²) in [6.45, 7) is 3.68. The zero-order valence-corrected chi connectivity index (χ0v) is 12.0. The third-order valence-corrected chi connectivity index (χ3v) is 6.10. The lowest BCUT2D eigenvalue weighted by Gasteiger charge is -2.04. The van der Waals surface area contributed by atoms with Gasteiger partial charge >= 0.3 is 0 Å². The second-order valence-corrected chi connectivity index (χ2v) is 7.90. The monoisotopic (exact) mass is 290 g/mol. The SMILES string of the molecule is C=Cc1ccc(CSS(=O)(=O)c2ccccc2)cc1. The predicted molar refractivity (Wildman–Crippen MR) is 81.5 cm³/mol. The molecule has 0 saturated heterocycles. The maximum atomic E-state index is 12.1. The van der Waals surface area contributed by atoms with Crippen LogP contribution >= 0.6 is 10.8 Å². The van der Waals surface area contributed by atoms with Gasteiger partial charge in [0, 0.05) is 5.75 Å². The van der Waals surface area contributed by atoms with Crippen LogP contribution in [0.15, 0.2) is 66.1 Å². The van der Waals surface area contributed by atoms with Crippen LogP contribution in [0.2, 0.25) is 0 Å². The molecular formula is C15H14O2S2. The van der Waals surface area contributed by atoms with Gasteiger partial charge in [0.1, 0.15) is 0 Å². The lowest BCUT2D eigenvalue weighted by atomic mass is 10.1. The molecule has 0 saturated carbocycles. The van der Waals surface area contributed by atoms with Crippen LogP contribution in [-0.2, 0) is 14.6 Å². The first kappa shape index (κ1) is 13.9. The Morgan fingerprint density at radius 2 is 1.63 bits per heavy atom. The molecule has 2 nitrogen and oxygen atoms in total. The van der Waals surface area contributed by atoms with E-state index in [1.807, 2.05) is 24.3 Å². The highest BCUT2D eigenvalue weighted by Gasteiger charge is 2.14. The molecule has 0 amide bonds. The summed E-state index contributed by atoms with van der Waals surface area (Å²) in [5.74, 6) is 0.439. The first-order valence-corrected chi connectivity index (χ1v) is 8.76. The summed E-state index contributed by atoms with van der Waals surface area (Å²) in [6.07, 6.45) is 1.76. The van der Waals surface area contributed by atoms with Crippen molar-refractivity contribution in [2.24, 2.45) is 0 Å². The number of benzene rings is 2. The van der Waals surface area contributed by atoms with Crippen LogP contribution in [0, 0.1) is 0 Å². The lowest BCUT2D eigenvalue weighted by Crippen LogP contribution is -1.95. The summed E-state index contributed by atoms with van der Waals surface area (Å²) in [5, 5.41) is 0. The van der Waals surface area contributed by atoms with Gasteiger partial charge in [0.05, 0.1) is 4.90 Å². The quantitative estimate of drug-likeness (QED) is 0.782. The van der Waals surface area contributed by atoms with Gasteiger partial charge in [-0.25, -0.2) is 8.42 Å². The van der Waals surface area contributed by atoms with E-state index in [0.717, 1.165) is 21.9 Å². The normalized spacial score (nSPS) is 11.2. The molecule has 0 aliphatic carbocycles. The van der Waals surface area contributed by atoms with Crippen LogP contribution in [0.4, 0.5) is 0 Å². The maximum absolute atomic E-state index is 12.1. The van der Waals surface area contributed by atoms with E-state index in [0.29, 0.717) is 10.6 Å². The van der Waals surface area contributed by atoms with Crippen molar-refractivity contribution in [3.8, 4) is 0 Å². The summed E-state index contributed by atoms with van der Waals surface area (Å²) in [5.41, 5.74) is 2.01. The van der Waals surface area contributed by atoms with E-state index in [1.54, 1.807) is 36.4 Å². The van der Waals surface area contributed by atoms with Crippen molar-refractivity contribution in [3.63, 3.8) is 0 Å². The van der Waals surface area contributed by atoms with E-state index in [4.69, 9.17) is 0 Å². The summed E-state index contributed by atoms with van der Waals surface area (Å²) >= 11 is 0. The van der Waals surface area contributed by atoms with Crippen molar-refractivity contribution in [1.29, 1.82) is 0 Å². The summed E-state index contributed by atoms with van der Waals surface area (Å²) < 4.78 is 24.2. The average Bonchev–Trinajstić information content (AvgIpc) is 2.47. The van der Waals surface area contributed by atoms with Gasteiger partial charge in [0.2, 0.25) is 8.87 Å². The van der Waals surface area contributed by atoms with E-state index < -0.39 is 8.87 Å². The van der Waals surface area contributed by atoms with Gasteiger partial charge in [-0.2, -0.15) is 0 Å². The fourth-order valence-corrected chi connectivity index (χ4v) is 4.28. The molecule has 0 fully saturated rings. The minimum Gasteiger partial charge on any atom is -0.212 e.